The molecule has 0 bridgehead atoms. The Morgan fingerprint density at radius 1 is 1.00 bits per heavy atom. The molecule has 0 saturated heterocycles. The number of carbonyl (C=O) groups excluding carboxylic acids is 1. The SMILES string of the molecule is CCOc1cc(/C=C(\C#N)C(=O)Nc2ccc(Cl)cc2C)ccc1OCc1cccc2ccccc12. The van der Waals surface area contributed by atoms with Crippen molar-refractivity contribution >= 4 is 40.0 Å². The maximum atomic E-state index is 12.7. The minimum Gasteiger partial charge on any atom is -0.490 e. The topological polar surface area (TPSA) is 71.3 Å². The molecule has 4 aromatic rings. The third-order valence-electron chi connectivity index (χ3n) is 5.64. The van der Waals surface area contributed by atoms with Crippen LogP contribution in [-0.4, -0.2) is 12.5 Å². The van der Waals surface area contributed by atoms with Crippen molar-refractivity contribution in [2.45, 2.75) is 20.5 Å². The highest BCUT2D eigenvalue weighted by Gasteiger charge is 2.13. The summed E-state index contributed by atoms with van der Waals surface area (Å²) in [5, 5.41) is 15.3. The molecule has 0 radical (unpaired) electrons. The Kier molecular flexibility index (Phi) is 7.89. The fraction of sp³-hybridized carbons (Fsp3) is 0.133. The van der Waals surface area contributed by atoms with Crippen LogP contribution in [0.4, 0.5) is 5.69 Å². The number of nitrogens with one attached hydrogen (secondary N) is 1. The Morgan fingerprint density at radius 3 is 2.58 bits per heavy atom. The van der Waals surface area contributed by atoms with Crippen molar-refractivity contribution < 1.29 is 14.3 Å². The summed E-state index contributed by atoms with van der Waals surface area (Å²) in [4.78, 5) is 12.7. The van der Waals surface area contributed by atoms with Crippen molar-refractivity contribution in [3.63, 3.8) is 0 Å². The van der Waals surface area contributed by atoms with Gasteiger partial charge in [-0.05, 0) is 77.7 Å². The van der Waals surface area contributed by atoms with Gasteiger partial charge in [0.1, 0.15) is 18.2 Å². The molecule has 36 heavy (non-hydrogen) atoms. The lowest BCUT2D eigenvalue weighted by molar-refractivity contribution is -0.112. The maximum Gasteiger partial charge on any atom is 0.266 e. The molecule has 6 heteroatoms. The second kappa shape index (κ2) is 11.4. The summed E-state index contributed by atoms with van der Waals surface area (Å²) in [5.74, 6) is 0.622. The Bertz CT molecular complexity index is 1480. The molecule has 0 atom stereocenters. The lowest BCUT2D eigenvalue weighted by Gasteiger charge is -2.14. The fourth-order valence-electron chi connectivity index (χ4n) is 3.85. The molecular weight excluding hydrogens is 472 g/mol. The monoisotopic (exact) mass is 496 g/mol. The van der Waals surface area contributed by atoms with E-state index in [1.165, 1.54) is 6.08 Å². The number of carbonyl (C=O) groups is 1. The van der Waals surface area contributed by atoms with Gasteiger partial charge < -0.3 is 14.8 Å². The summed E-state index contributed by atoms with van der Waals surface area (Å²) in [6.07, 6.45) is 1.53. The van der Waals surface area contributed by atoms with Gasteiger partial charge in [0.2, 0.25) is 0 Å². The van der Waals surface area contributed by atoms with Crippen LogP contribution in [0.5, 0.6) is 11.5 Å². The summed E-state index contributed by atoms with van der Waals surface area (Å²) in [6, 6.07) is 26.8. The van der Waals surface area contributed by atoms with Crippen LogP contribution in [0.1, 0.15) is 23.6 Å². The average molecular weight is 497 g/mol. The first-order valence-electron chi connectivity index (χ1n) is 11.5. The molecule has 0 fully saturated rings. The lowest BCUT2D eigenvalue weighted by Crippen LogP contribution is -2.14. The van der Waals surface area contributed by atoms with Crippen LogP contribution in [-0.2, 0) is 11.4 Å². The number of amides is 1. The molecule has 4 aromatic carbocycles. The van der Waals surface area contributed by atoms with Crippen LogP contribution in [0.15, 0.2) is 84.4 Å². The zero-order valence-electron chi connectivity index (χ0n) is 20.0. The fourth-order valence-corrected chi connectivity index (χ4v) is 4.07. The summed E-state index contributed by atoms with van der Waals surface area (Å²) in [6.45, 7) is 4.55. The van der Waals surface area contributed by atoms with Crippen molar-refractivity contribution in [3.05, 3.63) is 106 Å². The molecule has 0 aliphatic rings. The van der Waals surface area contributed by atoms with Gasteiger partial charge in [0.25, 0.3) is 5.91 Å². The average Bonchev–Trinajstić information content (AvgIpc) is 2.88. The number of rotatable bonds is 8. The lowest BCUT2D eigenvalue weighted by atomic mass is 10.1. The molecule has 4 rings (SSSR count). The summed E-state index contributed by atoms with van der Waals surface area (Å²) in [7, 11) is 0. The van der Waals surface area contributed by atoms with Crippen molar-refractivity contribution in [3.8, 4) is 17.6 Å². The minimum absolute atomic E-state index is 0.0313. The van der Waals surface area contributed by atoms with E-state index in [1.807, 2.05) is 44.2 Å². The number of anilines is 1. The predicted molar refractivity (Wildman–Crippen MR) is 144 cm³/mol. The van der Waals surface area contributed by atoms with Gasteiger partial charge in [-0.1, -0.05) is 60.1 Å². The number of ether oxygens (including phenoxy) is 2. The van der Waals surface area contributed by atoms with E-state index >= 15 is 0 Å². The highest BCUT2D eigenvalue weighted by atomic mass is 35.5. The standard InChI is InChI=1S/C30H25ClN2O3/c1-3-35-29-17-21(16-24(18-32)30(34)33-27-13-12-25(31)15-20(27)2)11-14-28(29)36-19-23-9-6-8-22-7-4-5-10-26(22)23/h4-17H,3,19H2,1-2H3,(H,33,34)/b24-16+. The van der Waals surface area contributed by atoms with Gasteiger partial charge in [0.15, 0.2) is 11.5 Å². The van der Waals surface area contributed by atoms with Gasteiger partial charge in [-0.3, -0.25) is 4.79 Å². The van der Waals surface area contributed by atoms with Crippen molar-refractivity contribution in [2.24, 2.45) is 0 Å². The summed E-state index contributed by atoms with van der Waals surface area (Å²) in [5.41, 5.74) is 3.09. The van der Waals surface area contributed by atoms with Gasteiger partial charge in [-0.15, -0.1) is 0 Å². The number of benzene rings is 4. The third kappa shape index (κ3) is 5.86. The second-order valence-corrected chi connectivity index (χ2v) is 8.59. The maximum absolute atomic E-state index is 12.7. The smallest absolute Gasteiger partial charge is 0.266 e. The largest absolute Gasteiger partial charge is 0.490 e. The molecule has 0 saturated carbocycles. The Labute approximate surface area is 215 Å². The molecule has 1 amide bonds. The van der Waals surface area contributed by atoms with Crippen LogP contribution in [0.3, 0.4) is 0 Å². The van der Waals surface area contributed by atoms with E-state index in [2.05, 4.69) is 23.5 Å². The molecular formula is C30H25ClN2O3. The van der Waals surface area contributed by atoms with Crippen LogP contribution in [0.25, 0.3) is 16.8 Å². The first-order chi connectivity index (χ1) is 17.5. The van der Waals surface area contributed by atoms with Crippen LogP contribution >= 0.6 is 11.6 Å². The van der Waals surface area contributed by atoms with E-state index in [9.17, 15) is 10.1 Å². The van der Waals surface area contributed by atoms with Crippen LogP contribution in [0, 0.1) is 18.3 Å². The molecule has 0 aliphatic heterocycles. The molecule has 0 heterocycles. The molecule has 0 spiro atoms. The molecule has 0 unspecified atom stereocenters. The normalized spacial score (nSPS) is 11.1. The minimum atomic E-state index is -0.503. The molecule has 1 N–H and O–H groups in total. The Hall–Kier alpha value is -4.27. The van der Waals surface area contributed by atoms with E-state index in [0.29, 0.717) is 41.0 Å². The van der Waals surface area contributed by atoms with Gasteiger partial charge in [0, 0.05) is 10.7 Å². The van der Waals surface area contributed by atoms with Crippen molar-refractivity contribution in [1.29, 1.82) is 5.26 Å². The molecule has 180 valence electrons. The number of halogens is 1. The first kappa shape index (κ1) is 24.8. The number of hydrogen-bond donors (Lipinski definition) is 1. The first-order valence-corrected chi connectivity index (χ1v) is 11.9. The Balaban J connectivity index is 1.54. The van der Waals surface area contributed by atoms with E-state index in [-0.39, 0.29) is 5.57 Å². The van der Waals surface area contributed by atoms with Crippen LogP contribution in [0.2, 0.25) is 5.02 Å². The molecule has 0 aromatic heterocycles. The van der Waals surface area contributed by atoms with Gasteiger partial charge >= 0.3 is 0 Å². The summed E-state index contributed by atoms with van der Waals surface area (Å²) >= 11 is 5.99. The van der Waals surface area contributed by atoms with E-state index in [4.69, 9.17) is 21.1 Å². The third-order valence-corrected chi connectivity index (χ3v) is 5.88. The van der Waals surface area contributed by atoms with Crippen LogP contribution < -0.4 is 14.8 Å². The molecule has 5 nitrogen and oxygen atoms in total. The van der Waals surface area contributed by atoms with Crippen molar-refractivity contribution in [1.82, 2.24) is 0 Å². The van der Waals surface area contributed by atoms with Gasteiger partial charge in [-0.2, -0.15) is 5.26 Å². The van der Waals surface area contributed by atoms with E-state index in [1.54, 1.807) is 36.4 Å². The quantitative estimate of drug-likeness (QED) is 0.205. The molecule has 0 aliphatic carbocycles. The Morgan fingerprint density at radius 2 is 1.81 bits per heavy atom. The van der Waals surface area contributed by atoms with E-state index < -0.39 is 5.91 Å². The summed E-state index contributed by atoms with van der Waals surface area (Å²) < 4.78 is 11.9. The highest BCUT2D eigenvalue weighted by Crippen LogP contribution is 2.31. The zero-order valence-corrected chi connectivity index (χ0v) is 20.8. The number of nitriles is 1. The number of aryl methyl sites for hydroxylation is 1. The second-order valence-electron chi connectivity index (χ2n) is 8.15. The van der Waals surface area contributed by atoms with E-state index in [0.717, 1.165) is 21.9 Å². The number of hydrogen-bond acceptors (Lipinski definition) is 4. The number of nitrogens with zero attached hydrogens (tertiary/aromatic N) is 1. The number of fused-ring (bicyclic) bond motifs is 1. The van der Waals surface area contributed by atoms with Crippen molar-refractivity contribution in [2.75, 3.05) is 11.9 Å². The van der Waals surface area contributed by atoms with Gasteiger partial charge in [0.05, 0.1) is 6.61 Å². The zero-order chi connectivity index (χ0) is 25.5. The van der Waals surface area contributed by atoms with Gasteiger partial charge in [-0.25, -0.2) is 0 Å². The highest BCUT2D eigenvalue weighted by molar-refractivity contribution is 6.30. The predicted octanol–water partition coefficient (Wildman–Crippen LogP) is 7.33.